The van der Waals surface area contributed by atoms with Crippen molar-refractivity contribution in [1.29, 1.82) is 5.26 Å². The number of nitro groups is 1. The fraction of sp³-hybridized carbons (Fsp3) is 0.0714. The maximum Gasteiger partial charge on any atom is 0.269 e. The van der Waals surface area contributed by atoms with Gasteiger partial charge in [0, 0.05) is 12.1 Å². The summed E-state index contributed by atoms with van der Waals surface area (Å²) in [5, 5.41) is 19.7. The van der Waals surface area contributed by atoms with Crippen LogP contribution in [0.5, 0.6) is 0 Å². The molecule has 88 valence electrons. The van der Waals surface area contributed by atoms with Gasteiger partial charge in [0.05, 0.1) is 16.6 Å². The summed E-state index contributed by atoms with van der Waals surface area (Å²) in [5.74, 6) is 0. The molecule has 0 N–H and O–H groups in total. The molecule has 0 spiro atoms. The number of aryl methyl sites for hydroxylation is 1. The van der Waals surface area contributed by atoms with Gasteiger partial charge in [-0.15, -0.1) is 0 Å². The maximum atomic E-state index is 10.6. The van der Waals surface area contributed by atoms with Gasteiger partial charge in [0.25, 0.3) is 5.69 Å². The summed E-state index contributed by atoms with van der Waals surface area (Å²) in [6, 6.07) is 13.9. The zero-order valence-corrected chi connectivity index (χ0v) is 9.75. The van der Waals surface area contributed by atoms with E-state index < -0.39 is 4.92 Å². The lowest BCUT2D eigenvalue weighted by molar-refractivity contribution is -0.384. The monoisotopic (exact) mass is 238 g/mol. The number of nitrogens with zero attached hydrogens (tertiary/aromatic N) is 2. The summed E-state index contributed by atoms with van der Waals surface area (Å²) in [6.45, 7) is 1.92. The second-order valence-electron chi connectivity index (χ2n) is 3.96. The first-order valence-corrected chi connectivity index (χ1v) is 5.37. The third-order valence-electron chi connectivity index (χ3n) is 2.68. The maximum absolute atomic E-state index is 10.6. The molecule has 0 aliphatic rings. The first kappa shape index (κ1) is 11.8. The van der Waals surface area contributed by atoms with Gasteiger partial charge in [-0.2, -0.15) is 5.26 Å². The summed E-state index contributed by atoms with van der Waals surface area (Å²) >= 11 is 0. The SMILES string of the molecule is Cc1ccc(-c2ccc([N+](=O)[O-])cc2)c(C#N)c1. The average molecular weight is 238 g/mol. The van der Waals surface area contributed by atoms with Gasteiger partial charge in [-0.25, -0.2) is 0 Å². The largest absolute Gasteiger partial charge is 0.269 e. The number of non-ortho nitro benzene ring substituents is 1. The molecule has 0 radical (unpaired) electrons. The molecule has 0 unspecified atom stereocenters. The molecule has 2 aromatic rings. The Bertz CT molecular complexity index is 640. The minimum absolute atomic E-state index is 0.0457. The summed E-state index contributed by atoms with van der Waals surface area (Å²) in [4.78, 5) is 10.1. The number of nitriles is 1. The Kier molecular flexibility index (Phi) is 3.07. The number of rotatable bonds is 2. The van der Waals surface area contributed by atoms with Crippen LogP contribution < -0.4 is 0 Å². The van der Waals surface area contributed by atoms with Gasteiger partial charge in [0.15, 0.2) is 0 Å². The molecule has 2 rings (SSSR count). The van der Waals surface area contributed by atoms with Crippen molar-refractivity contribution in [2.24, 2.45) is 0 Å². The van der Waals surface area contributed by atoms with Crippen molar-refractivity contribution >= 4 is 5.69 Å². The molecule has 0 atom stereocenters. The van der Waals surface area contributed by atoms with Crippen LogP contribution in [-0.2, 0) is 0 Å². The van der Waals surface area contributed by atoms with E-state index in [2.05, 4.69) is 6.07 Å². The van der Waals surface area contributed by atoms with Gasteiger partial charge in [-0.3, -0.25) is 10.1 Å². The van der Waals surface area contributed by atoms with E-state index in [1.807, 2.05) is 19.1 Å². The van der Waals surface area contributed by atoms with Crippen molar-refractivity contribution in [2.45, 2.75) is 6.92 Å². The topological polar surface area (TPSA) is 66.9 Å². The third kappa shape index (κ3) is 2.20. The smallest absolute Gasteiger partial charge is 0.258 e. The Hall–Kier alpha value is -2.67. The number of hydrogen-bond donors (Lipinski definition) is 0. The van der Waals surface area contributed by atoms with Gasteiger partial charge >= 0.3 is 0 Å². The minimum Gasteiger partial charge on any atom is -0.258 e. The molecule has 18 heavy (non-hydrogen) atoms. The predicted octanol–water partition coefficient (Wildman–Crippen LogP) is 3.44. The van der Waals surface area contributed by atoms with Gasteiger partial charge < -0.3 is 0 Å². The van der Waals surface area contributed by atoms with Gasteiger partial charge in [0.1, 0.15) is 0 Å². The second kappa shape index (κ2) is 4.68. The van der Waals surface area contributed by atoms with Crippen LogP contribution in [-0.4, -0.2) is 4.92 Å². The Labute approximate surface area is 104 Å². The van der Waals surface area contributed by atoms with E-state index in [0.717, 1.165) is 16.7 Å². The van der Waals surface area contributed by atoms with Crippen LogP contribution in [0, 0.1) is 28.4 Å². The van der Waals surface area contributed by atoms with Crippen LogP contribution in [0.1, 0.15) is 11.1 Å². The van der Waals surface area contributed by atoms with E-state index >= 15 is 0 Å². The normalized spacial score (nSPS) is 9.78. The van der Waals surface area contributed by atoms with Crippen molar-refractivity contribution < 1.29 is 4.92 Å². The number of benzene rings is 2. The zero-order chi connectivity index (χ0) is 13.1. The molecular formula is C14H10N2O2. The molecule has 4 heteroatoms. The van der Waals surface area contributed by atoms with Crippen LogP contribution in [0.15, 0.2) is 42.5 Å². The van der Waals surface area contributed by atoms with Crippen LogP contribution in [0.4, 0.5) is 5.69 Å². The Morgan fingerprint density at radius 3 is 2.39 bits per heavy atom. The van der Waals surface area contributed by atoms with Crippen LogP contribution in [0.25, 0.3) is 11.1 Å². The molecule has 0 amide bonds. The Morgan fingerprint density at radius 1 is 1.17 bits per heavy atom. The second-order valence-corrected chi connectivity index (χ2v) is 3.96. The molecule has 0 saturated carbocycles. The summed E-state index contributed by atoms with van der Waals surface area (Å²) in [6.07, 6.45) is 0. The lowest BCUT2D eigenvalue weighted by atomic mass is 9.98. The summed E-state index contributed by atoms with van der Waals surface area (Å²) in [7, 11) is 0. The standard InChI is InChI=1S/C14H10N2O2/c1-10-2-7-14(12(8-10)9-15)11-3-5-13(6-4-11)16(17)18/h2-8H,1H3. The number of nitro benzene ring substituents is 1. The quantitative estimate of drug-likeness (QED) is 0.594. The van der Waals surface area contributed by atoms with Crippen molar-refractivity contribution in [3.8, 4) is 17.2 Å². The Morgan fingerprint density at radius 2 is 1.83 bits per heavy atom. The highest BCUT2D eigenvalue weighted by Gasteiger charge is 2.08. The average Bonchev–Trinajstić information content (AvgIpc) is 2.38. The van der Waals surface area contributed by atoms with Crippen molar-refractivity contribution in [3.05, 3.63) is 63.7 Å². The van der Waals surface area contributed by atoms with E-state index in [9.17, 15) is 10.1 Å². The molecule has 0 aromatic heterocycles. The van der Waals surface area contributed by atoms with Crippen LogP contribution in [0.2, 0.25) is 0 Å². The number of hydrogen-bond acceptors (Lipinski definition) is 3. The summed E-state index contributed by atoms with van der Waals surface area (Å²) < 4.78 is 0. The molecule has 0 aliphatic heterocycles. The van der Waals surface area contributed by atoms with E-state index in [-0.39, 0.29) is 5.69 Å². The van der Waals surface area contributed by atoms with Crippen molar-refractivity contribution in [1.82, 2.24) is 0 Å². The highest BCUT2D eigenvalue weighted by molar-refractivity contribution is 5.71. The minimum atomic E-state index is -0.440. The van der Waals surface area contributed by atoms with E-state index in [1.54, 1.807) is 18.2 Å². The van der Waals surface area contributed by atoms with Crippen LogP contribution in [0.3, 0.4) is 0 Å². The first-order valence-electron chi connectivity index (χ1n) is 5.37. The lowest BCUT2D eigenvalue weighted by Gasteiger charge is -2.05. The molecule has 2 aromatic carbocycles. The van der Waals surface area contributed by atoms with Gasteiger partial charge in [-0.1, -0.05) is 12.1 Å². The molecular weight excluding hydrogens is 228 g/mol. The fourth-order valence-corrected chi connectivity index (χ4v) is 1.77. The van der Waals surface area contributed by atoms with E-state index in [1.165, 1.54) is 12.1 Å². The molecule has 4 nitrogen and oxygen atoms in total. The van der Waals surface area contributed by atoms with E-state index in [0.29, 0.717) is 5.56 Å². The van der Waals surface area contributed by atoms with Crippen molar-refractivity contribution in [2.75, 3.05) is 0 Å². The highest BCUT2D eigenvalue weighted by Crippen LogP contribution is 2.26. The molecule has 0 aliphatic carbocycles. The first-order chi connectivity index (χ1) is 8.61. The molecule has 0 fully saturated rings. The highest BCUT2D eigenvalue weighted by atomic mass is 16.6. The van der Waals surface area contributed by atoms with E-state index in [4.69, 9.17) is 5.26 Å². The zero-order valence-electron chi connectivity index (χ0n) is 9.75. The fourth-order valence-electron chi connectivity index (χ4n) is 1.77. The Balaban J connectivity index is 2.49. The molecule has 0 saturated heterocycles. The summed E-state index contributed by atoms with van der Waals surface area (Å²) in [5.41, 5.74) is 3.22. The molecule has 0 bridgehead atoms. The van der Waals surface area contributed by atoms with Crippen molar-refractivity contribution in [3.63, 3.8) is 0 Å². The third-order valence-corrected chi connectivity index (χ3v) is 2.68. The predicted molar refractivity (Wildman–Crippen MR) is 68.0 cm³/mol. The van der Waals surface area contributed by atoms with Gasteiger partial charge in [-0.05, 0) is 41.8 Å². The van der Waals surface area contributed by atoms with Gasteiger partial charge in [0.2, 0.25) is 0 Å². The van der Waals surface area contributed by atoms with Crippen LogP contribution >= 0.6 is 0 Å². The lowest BCUT2D eigenvalue weighted by Crippen LogP contribution is -1.89. The molecule has 0 heterocycles.